The first-order valence-electron chi connectivity index (χ1n) is 11.9. The van der Waals surface area contributed by atoms with Crippen LogP contribution < -0.4 is 9.62 Å². The summed E-state index contributed by atoms with van der Waals surface area (Å²) in [7, 11) is -4.36. The maximum absolute atomic E-state index is 14.9. The van der Waals surface area contributed by atoms with Gasteiger partial charge in [-0.25, -0.2) is 12.8 Å². The highest BCUT2D eigenvalue weighted by Gasteiger charge is 2.34. The summed E-state index contributed by atoms with van der Waals surface area (Å²) in [4.78, 5) is 27.7. The molecule has 202 valence electrons. The fraction of sp³-hybridized carbons (Fsp3) is 0.259. The standard InChI is InChI=1S/C27H28Cl2FN3O4S/c1-3-16-31-27(35)19(2)32(17-21-22(28)12-9-13-23(21)29)26(34)18-33(25-15-8-7-14-24(25)30)38(36,37)20-10-5-4-6-11-20/h4-15,19H,3,16-18H2,1-2H3,(H,31,35). The van der Waals surface area contributed by atoms with Gasteiger partial charge in [-0.1, -0.05) is 66.5 Å². The Labute approximate surface area is 232 Å². The molecule has 0 fully saturated rings. The summed E-state index contributed by atoms with van der Waals surface area (Å²) in [6.45, 7) is 2.85. The second-order valence-electron chi connectivity index (χ2n) is 8.46. The number of para-hydroxylation sites is 1. The van der Waals surface area contributed by atoms with Crippen molar-refractivity contribution in [1.29, 1.82) is 0 Å². The number of rotatable bonds is 11. The van der Waals surface area contributed by atoms with Gasteiger partial charge < -0.3 is 10.2 Å². The smallest absolute Gasteiger partial charge is 0.264 e. The normalized spacial score (nSPS) is 12.0. The molecule has 0 aromatic heterocycles. The molecule has 0 heterocycles. The Morgan fingerprint density at radius 2 is 1.55 bits per heavy atom. The maximum Gasteiger partial charge on any atom is 0.264 e. The number of sulfonamides is 1. The Hall–Kier alpha value is -3.14. The van der Waals surface area contributed by atoms with Crippen LogP contribution in [0.4, 0.5) is 10.1 Å². The van der Waals surface area contributed by atoms with Gasteiger partial charge in [-0.05, 0) is 49.7 Å². The van der Waals surface area contributed by atoms with E-state index in [4.69, 9.17) is 23.2 Å². The van der Waals surface area contributed by atoms with Gasteiger partial charge in [0.05, 0.1) is 10.6 Å². The number of nitrogens with zero attached hydrogens (tertiary/aromatic N) is 2. The van der Waals surface area contributed by atoms with Gasteiger partial charge in [-0.2, -0.15) is 0 Å². The van der Waals surface area contributed by atoms with Crippen molar-refractivity contribution in [3.63, 3.8) is 0 Å². The minimum atomic E-state index is -4.36. The van der Waals surface area contributed by atoms with Gasteiger partial charge in [0, 0.05) is 28.7 Å². The molecule has 0 bridgehead atoms. The predicted molar refractivity (Wildman–Crippen MR) is 147 cm³/mol. The Morgan fingerprint density at radius 1 is 0.947 bits per heavy atom. The number of carbonyl (C=O) groups is 2. The number of amides is 2. The van der Waals surface area contributed by atoms with Crippen LogP contribution in [0.15, 0.2) is 77.7 Å². The largest absolute Gasteiger partial charge is 0.354 e. The van der Waals surface area contributed by atoms with E-state index in [1.165, 1.54) is 54.3 Å². The monoisotopic (exact) mass is 579 g/mol. The van der Waals surface area contributed by atoms with Crippen LogP contribution in [0.1, 0.15) is 25.8 Å². The number of nitrogens with one attached hydrogen (secondary N) is 1. The van der Waals surface area contributed by atoms with Crippen molar-refractivity contribution in [2.24, 2.45) is 0 Å². The number of hydrogen-bond donors (Lipinski definition) is 1. The SMILES string of the molecule is CCCNC(=O)C(C)N(Cc1c(Cl)cccc1Cl)C(=O)CN(c1ccccc1F)S(=O)(=O)c1ccccc1. The number of benzene rings is 3. The number of halogens is 3. The third kappa shape index (κ3) is 6.83. The molecule has 0 radical (unpaired) electrons. The molecule has 1 unspecified atom stereocenters. The summed E-state index contributed by atoms with van der Waals surface area (Å²) < 4.78 is 42.8. The van der Waals surface area contributed by atoms with Crippen molar-refractivity contribution < 1.29 is 22.4 Å². The third-order valence-electron chi connectivity index (χ3n) is 5.84. The Bertz CT molecular complexity index is 1370. The molecule has 11 heteroatoms. The van der Waals surface area contributed by atoms with Gasteiger partial charge in [-0.3, -0.25) is 13.9 Å². The first-order valence-corrected chi connectivity index (χ1v) is 14.1. The van der Waals surface area contributed by atoms with E-state index in [0.29, 0.717) is 22.8 Å². The van der Waals surface area contributed by atoms with E-state index in [1.807, 2.05) is 6.92 Å². The quantitative estimate of drug-likeness (QED) is 0.335. The first-order chi connectivity index (χ1) is 18.1. The summed E-state index contributed by atoms with van der Waals surface area (Å²) in [5, 5.41) is 3.30. The van der Waals surface area contributed by atoms with E-state index in [2.05, 4.69) is 5.32 Å². The van der Waals surface area contributed by atoms with E-state index in [1.54, 1.807) is 24.3 Å². The van der Waals surface area contributed by atoms with E-state index in [0.717, 1.165) is 6.07 Å². The molecule has 2 amide bonds. The summed E-state index contributed by atoms with van der Waals surface area (Å²) in [5.74, 6) is -2.01. The van der Waals surface area contributed by atoms with Gasteiger partial charge in [0.25, 0.3) is 10.0 Å². The minimum Gasteiger partial charge on any atom is -0.354 e. The average Bonchev–Trinajstić information content (AvgIpc) is 2.90. The minimum absolute atomic E-state index is 0.120. The molecule has 3 aromatic carbocycles. The molecule has 7 nitrogen and oxygen atoms in total. The van der Waals surface area contributed by atoms with Crippen LogP contribution in [0.3, 0.4) is 0 Å². The summed E-state index contributed by atoms with van der Waals surface area (Å²) in [6, 6.07) is 16.5. The number of hydrogen-bond acceptors (Lipinski definition) is 4. The lowest BCUT2D eigenvalue weighted by Gasteiger charge is -2.32. The molecular weight excluding hydrogens is 552 g/mol. The fourth-order valence-corrected chi connectivity index (χ4v) is 5.68. The van der Waals surface area contributed by atoms with Gasteiger partial charge in [0.2, 0.25) is 11.8 Å². The van der Waals surface area contributed by atoms with Crippen LogP contribution in [-0.4, -0.2) is 44.3 Å². The number of anilines is 1. The average molecular weight is 581 g/mol. The Kier molecular flexibility index (Phi) is 10.1. The van der Waals surface area contributed by atoms with E-state index in [9.17, 15) is 22.4 Å². The molecule has 0 aliphatic carbocycles. The molecule has 0 spiro atoms. The van der Waals surface area contributed by atoms with Crippen LogP contribution in [0.5, 0.6) is 0 Å². The lowest BCUT2D eigenvalue weighted by atomic mass is 10.1. The van der Waals surface area contributed by atoms with E-state index < -0.39 is 40.2 Å². The van der Waals surface area contributed by atoms with Crippen molar-refractivity contribution >= 4 is 50.7 Å². The highest BCUT2D eigenvalue weighted by atomic mass is 35.5. The Morgan fingerprint density at radius 3 is 2.16 bits per heavy atom. The van der Waals surface area contributed by atoms with Crippen molar-refractivity contribution in [2.75, 3.05) is 17.4 Å². The van der Waals surface area contributed by atoms with Crippen molar-refractivity contribution in [3.05, 3.63) is 94.2 Å². The maximum atomic E-state index is 14.9. The van der Waals surface area contributed by atoms with Gasteiger partial charge >= 0.3 is 0 Å². The molecule has 0 saturated heterocycles. The Balaban J connectivity index is 2.06. The van der Waals surface area contributed by atoms with Gasteiger partial charge in [-0.15, -0.1) is 0 Å². The van der Waals surface area contributed by atoms with Crippen LogP contribution in [0, 0.1) is 5.82 Å². The first kappa shape index (κ1) is 29.4. The summed E-state index contributed by atoms with van der Waals surface area (Å²) in [5.41, 5.74) is 0.0891. The molecule has 0 aliphatic heterocycles. The van der Waals surface area contributed by atoms with E-state index >= 15 is 0 Å². The molecule has 1 atom stereocenters. The highest BCUT2D eigenvalue weighted by molar-refractivity contribution is 7.92. The fourth-order valence-electron chi connectivity index (χ4n) is 3.72. The topological polar surface area (TPSA) is 86.8 Å². The van der Waals surface area contributed by atoms with Crippen molar-refractivity contribution in [1.82, 2.24) is 10.2 Å². The highest BCUT2D eigenvalue weighted by Crippen LogP contribution is 2.29. The molecule has 3 aromatic rings. The zero-order valence-electron chi connectivity index (χ0n) is 20.9. The predicted octanol–water partition coefficient (Wildman–Crippen LogP) is 5.27. The van der Waals surface area contributed by atoms with Crippen LogP contribution in [-0.2, 0) is 26.2 Å². The van der Waals surface area contributed by atoms with Crippen molar-refractivity contribution in [3.8, 4) is 0 Å². The lowest BCUT2D eigenvalue weighted by Crippen LogP contribution is -2.51. The number of carbonyl (C=O) groups excluding carboxylic acids is 2. The van der Waals surface area contributed by atoms with Crippen molar-refractivity contribution in [2.45, 2.75) is 37.8 Å². The molecule has 0 saturated carbocycles. The summed E-state index contributed by atoms with van der Waals surface area (Å²) in [6.07, 6.45) is 0.680. The molecule has 1 N–H and O–H groups in total. The van der Waals surface area contributed by atoms with Crippen LogP contribution in [0.2, 0.25) is 10.0 Å². The van der Waals surface area contributed by atoms with Crippen LogP contribution in [0.25, 0.3) is 0 Å². The molecular formula is C27H28Cl2FN3O4S. The lowest BCUT2D eigenvalue weighted by molar-refractivity contribution is -0.139. The second kappa shape index (κ2) is 13.1. The van der Waals surface area contributed by atoms with Gasteiger partial charge in [0.1, 0.15) is 18.4 Å². The third-order valence-corrected chi connectivity index (χ3v) is 8.32. The second-order valence-corrected chi connectivity index (χ2v) is 11.1. The zero-order valence-corrected chi connectivity index (χ0v) is 23.2. The molecule has 38 heavy (non-hydrogen) atoms. The summed E-state index contributed by atoms with van der Waals surface area (Å²) >= 11 is 12.7. The van der Waals surface area contributed by atoms with E-state index in [-0.39, 0.29) is 27.2 Å². The molecule has 0 aliphatic rings. The zero-order chi connectivity index (χ0) is 27.9. The molecule has 3 rings (SSSR count). The van der Waals surface area contributed by atoms with Gasteiger partial charge in [0.15, 0.2) is 0 Å². The van der Waals surface area contributed by atoms with Crippen LogP contribution >= 0.6 is 23.2 Å².